The number of H-pyrrole nitrogens is 1. The number of amidine groups is 1. The fraction of sp³-hybridized carbons (Fsp3) is 0.130. The highest BCUT2D eigenvalue weighted by atomic mass is 19.4. The van der Waals surface area contributed by atoms with E-state index in [0.717, 1.165) is 18.7 Å². The van der Waals surface area contributed by atoms with Crippen molar-refractivity contribution in [2.45, 2.75) is 6.18 Å². The Balaban J connectivity index is 1.34. The molecule has 0 atom stereocenters. The van der Waals surface area contributed by atoms with Crippen LogP contribution in [-0.4, -0.2) is 40.0 Å². The molecule has 0 fully saturated rings. The molecule has 8 nitrogen and oxygen atoms in total. The number of fused-ring (bicyclic) bond motifs is 1. The third-order valence-electron chi connectivity index (χ3n) is 5.08. The molecule has 1 aliphatic heterocycles. The Morgan fingerprint density at radius 1 is 1.06 bits per heavy atom. The molecule has 11 heteroatoms. The first-order valence-corrected chi connectivity index (χ1v) is 10.3. The lowest BCUT2D eigenvalue weighted by Crippen LogP contribution is -2.20. The van der Waals surface area contributed by atoms with Gasteiger partial charge in [0.25, 0.3) is 5.91 Å². The van der Waals surface area contributed by atoms with Gasteiger partial charge in [-0.2, -0.15) is 18.3 Å². The van der Waals surface area contributed by atoms with Crippen LogP contribution < -0.4 is 15.4 Å². The van der Waals surface area contributed by atoms with Crippen LogP contribution in [0.3, 0.4) is 0 Å². The van der Waals surface area contributed by atoms with Crippen molar-refractivity contribution in [3.63, 3.8) is 0 Å². The number of benzene rings is 2. The summed E-state index contributed by atoms with van der Waals surface area (Å²) < 4.78 is 45.1. The number of nitrogens with zero attached hydrogens (tertiary/aromatic N) is 3. The standard InChI is InChI=1S/C23H17F3N6O2/c24-23(25,26)13-4-5-18-17(10-13)20(32-31-18)22(33)30-14-2-1-3-15(11-14)34-16-6-7-27-19(12-16)21-28-8-9-29-21/h1-7,10-12H,8-9H2,(H,28,29)(H,30,33)(H,31,32). The van der Waals surface area contributed by atoms with Gasteiger partial charge >= 0.3 is 6.18 Å². The monoisotopic (exact) mass is 466 g/mol. The molecule has 172 valence electrons. The Kier molecular flexibility index (Phi) is 5.36. The molecule has 3 N–H and O–H groups in total. The highest BCUT2D eigenvalue weighted by Gasteiger charge is 2.31. The molecule has 2 aromatic heterocycles. The van der Waals surface area contributed by atoms with Crippen molar-refractivity contribution < 1.29 is 22.7 Å². The number of aliphatic imine (C=N–C) groups is 1. The van der Waals surface area contributed by atoms with Gasteiger partial charge in [-0.25, -0.2) is 0 Å². The average Bonchev–Trinajstić information content (AvgIpc) is 3.49. The molecular weight excluding hydrogens is 449 g/mol. The van der Waals surface area contributed by atoms with Gasteiger partial charge < -0.3 is 15.4 Å². The van der Waals surface area contributed by atoms with Crippen molar-refractivity contribution >= 4 is 28.3 Å². The number of carbonyl (C=O) groups is 1. The predicted octanol–water partition coefficient (Wildman–Crippen LogP) is 4.37. The van der Waals surface area contributed by atoms with Crippen LogP contribution in [0.2, 0.25) is 0 Å². The molecule has 0 spiro atoms. The van der Waals surface area contributed by atoms with Crippen molar-refractivity contribution in [3.8, 4) is 11.5 Å². The molecule has 34 heavy (non-hydrogen) atoms. The zero-order chi connectivity index (χ0) is 23.7. The number of ether oxygens (including phenoxy) is 1. The zero-order valence-corrected chi connectivity index (χ0v) is 17.5. The molecular formula is C23H17F3N6O2. The lowest BCUT2D eigenvalue weighted by molar-refractivity contribution is -0.137. The summed E-state index contributed by atoms with van der Waals surface area (Å²) in [6.45, 7) is 1.44. The summed E-state index contributed by atoms with van der Waals surface area (Å²) in [5.41, 5.74) is 0.368. The SMILES string of the molecule is O=C(Nc1cccc(Oc2ccnc(C3=NCCN3)c2)c1)c1n[nH]c2ccc(C(F)(F)F)cc12. The second-order valence-corrected chi connectivity index (χ2v) is 7.45. The fourth-order valence-corrected chi connectivity index (χ4v) is 3.50. The normalized spacial score (nSPS) is 13.4. The first-order valence-electron chi connectivity index (χ1n) is 10.3. The Morgan fingerprint density at radius 3 is 2.71 bits per heavy atom. The van der Waals surface area contributed by atoms with Crippen LogP contribution in [0.5, 0.6) is 11.5 Å². The number of aromatic nitrogens is 3. The number of pyridine rings is 1. The summed E-state index contributed by atoms with van der Waals surface area (Å²) in [7, 11) is 0. The average molecular weight is 466 g/mol. The highest BCUT2D eigenvalue weighted by Crippen LogP contribution is 2.32. The van der Waals surface area contributed by atoms with Crippen LogP contribution >= 0.6 is 0 Å². The summed E-state index contributed by atoms with van der Waals surface area (Å²) in [5, 5.41) is 12.3. The van der Waals surface area contributed by atoms with E-state index in [1.54, 1.807) is 42.6 Å². The van der Waals surface area contributed by atoms with Crippen molar-refractivity contribution in [1.82, 2.24) is 20.5 Å². The minimum absolute atomic E-state index is 0.0764. The third-order valence-corrected chi connectivity index (χ3v) is 5.08. The first-order chi connectivity index (χ1) is 16.4. The van der Waals surface area contributed by atoms with E-state index < -0.39 is 17.6 Å². The first kappa shape index (κ1) is 21.4. The van der Waals surface area contributed by atoms with Gasteiger partial charge in [0.1, 0.15) is 23.0 Å². The van der Waals surface area contributed by atoms with Crippen LogP contribution in [0.4, 0.5) is 18.9 Å². The minimum atomic E-state index is -4.53. The predicted molar refractivity (Wildman–Crippen MR) is 119 cm³/mol. The molecule has 4 aromatic rings. The second-order valence-electron chi connectivity index (χ2n) is 7.45. The lowest BCUT2D eigenvalue weighted by Gasteiger charge is -2.10. The number of nitrogens with one attached hydrogen (secondary N) is 3. The van der Waals surface area contributed by atoms with Gasteiger partial charge in [-0.05, 0) is 36.4 Å². The minimum Gasteiger partial charge on any atom is -0.457 e. The molecule has 3 heterocycles. The van der Waals surface area contributed by atoms with Crippen molar-refractivity contribution in [2.24, 2.45) is 4.99 Å². The van der Waals surface area contributed by atoms with Gasteiger partial charge in [0, 0.05) is 35.9 Å². The van der Waals surface area contributed by atoms with Crippen LogP contribution in [0.1, 0.15) is 21.7 Å². The van der Waals surface area contributed by atoms with Crippen molar-refractivity contribution in [2.75, 3.05) is 18.4 Å². The summed E-state index contributed by atoms with van der Waals surface area (Å²) in [6.07, 6.45) is -2.92. The summed E-state index contributed by atoms with van der Waals surface area (Å²) in [6, 6.07) is 13.1. The van der Waals surface area contributed by atoms with E-state index in [-0.39, 0.29) is 11.1 Å². The smallest absolute Gasteiger partial charge is 0.416 e. The van der Waals surface area contributed by atoms with E-state index in [1.807, 2.05) is 0 Å². The Morgan fingerprint density at radius 2 is 1.91 bits per heavy atom. The van der Waals surface area contributed by atoms with Gasteiger partial charge in [0.05, 0.1) is 17.6 Å². The third kappa shape index (κ3) is 4.40. The van der Waals surface area contributed by atoms with Gasteiger partial charge in [0.2, 0.25) is 0 Å². The Labute approximate surface area is 190 Å². The number of hydrogen-bond acceptors (Lipinski definition) is 6. The Bertz CT molecular complexity index is 1410. The fourth-order valence-electron chi connectivity index (χ4n) is 3.50. The number of carbonyl (C=O) groups excluding carboxylic acids is 1. The molecule has 0 unspecified atom stereocenters. The van der Waals surface area contributed by atoms with Crippen LogP contribution in [0.15, 0.2) is 65.8 Å². The van der Waals surface area contributed by atoms with Crippen molar-refractivity contribution in [1.29, 1.82) is 0 Å². The Hall–Kier alpha value is -4.41. The quantitative estimate of drug-likeness (QED) is 0.405. The maximum absolute atomic E-state index is 13.1. The van der Waals surface area contributed by atoms with Gasteiger partial charge in [-0.15, -0.1) is 0 Å². The number of alkyl halides is 3. The number of amides is 1. The summed E-state index contributed by atoms with van der Waals surface area (Å²) in [5.74, 6) is 1.02. The zero-order valence-electron chi connectivity index (χ0n) is 17.5. The second kappa shape index (κ2) is 8.50. The van der Waals surface area contributed by atoms with E-state index in [1.165, 1.54) is 6.07 Å². The summed E-state index contributed by atoms with van der Waals surface area (Å²) in [4.78, 5) is 21.4. The molecule has 5 rings (SSSR count). The van der Waals surface area contributed by atoms with E-state index in [2.05, 4.69) is 30.8 Å². The molecule has 1 aliphatic rings. The van der Waals surface area contributed by atoms with E-state index in [4.69, 9.17) is 4.74 Å². The van der Waals surface area contributed by atoms with E-state index in [9.17, 15) is 18.0 Å². The molecule has 0 aliphatic carbocycles. The molecule has 0 bridgehead atoms. The molecule has 0 saturated carbocycles. The number of anilines is 1. The number of rotatable bonds is 5. The maximum atomic E-state index is 13.1. The van der Waals surface area contributed by atoms with Gasteiger partial charge in [-0.1, -0.05) is 6.07 Å². The molecule has 2 aromatic carbocycles. The highest BCUT2D eigenvalue weighted by molar-refractivity contribution is 6.11. The molecule has 1 amide bonds. The molecule has 0 saturated heterocycles. The number of halogens is 3. The van der Waals surface area contributed by atoms with E-state index in [0.29, 0.717) is 40.8 Å². The van der Waals surface area contributed by atoms with Crippen molar-refractivity contribution in [3.05, 3.63) is 77.7 Å². The van der Waals surface area contributed by atoms with Gasteiger partial charge in [-0.3, -0.25) is 19.9 Å². The van der Waals surface area contributed by atoms with Crippen LogP contribution in [0, 0.1) is 0 Å². The molecule has 0 radical (unpaired) electrons. The number of aromatic amines is 1. The van der Waals surface area contributed by atoms with Crippen LogP contribution in [0.25, 0.3) is 10.9 Å². The number of hydrogen-bond donors (Lipinski definition) is 3. The lowest BCUT2D eigenvalue weighted by atomic mass is 10.1. The van der Waals surface area contributed by atoms with Crippen LogP contribution in [-0.2, 0) is 6.18 Å². The van der Waals surface area contributed by atoms with Gasteiger partial charge in [0.15, 0.2) is 5.69 Å². The van der Waals surface area contributed by atoms with E-state index >= 15 is 0 Å². The summed E-state index contributed by atoms with van der Waals surface area (Å²) >= 11 is 0. The maximum Gasteiger partial charge on any atom is 0.416 e. The largest absolute Gasteiger partial charge is 0.457 e. The topological polar surface area (TPSA) is 104 Å².